The van der Waals surface area contributed by atoms with Gasteiger partial charge in [-0.05, 0) is 56.4 Å². The van der Waals surface area contributed by atoms with Gasteiger partial charge >= 0.3 is 6.03 Å². The molecule has 4 heterocycles. The molecule has 0 saturated heterocycles. The molecular weight excluding hydrogens is 528 g/mol. The number of urea groups is 1. The first-order valence-corrected chi connectivity index (χ1v) is 14.0. The van der Waals surface area contributed by atoms with Crippen LogP contribution in [0.15, 0.2) is 54.9 Å². The first kappa shape index (κ1) is 25.8. The molecule has 2 aliphatic rings. The second-order valence-electron chi connectivity index (χ2n) is 10.0. The fraction of sp³-hybridized carbons (Fsp3) is 0.276. The van der Waals surface area contributed by atoms with E-state index < -0.39 is 6.03 Å². The maximum Gasteiger partial charge on any atom is 0.331 e. The molecule has 0 bridgehead atoms. The van der Waals surface area contributed by atoms with Gasteiger partial charge in [0.25, 0.3) is 5.91 Å². The number of hydrogen-bond donors (Lipinski definition) is 3. The van der Waals surface area contributed by atoms with E-state index in [2.05, 4.69) is 25.9 Å². The summed E-state index contributed by atoms with van der Waals surface area (Å²) in [7, 11) is 0. The van der Waals surface area contributed by atoms with E-state index >= 15 is 0 Å². The van der Waals surface area contributed by atoms with E-state index in [4.69, 9.17) is 4.74 Å². The summed E-state index contributed by atoms with van der Waals surface area (Å²) < 4.78 is 5.86. The van der Waals surface area contributed by atoms with Crippen LogP contribution in [0.25, 0.3) is 10.2 Å². The zero-order valence-electron chi connectivity index (χ0n) is 22.1. The lowest BCUT2D eigenvalue weighted by atomic mass is 9.91. The van der Waals surface area contributed by atoms with E-state index in [9.17, 15) is 14.4 Å². The summed E-state index contributed by atoms with van der Waals surface area (Å²) in [5.41, 5.74) is 2.48. The molecular formula is C29H28N6O4S. The number of thiophene rings is 1. The number of anilines is 3. The first-order chi connectivity index (χ1) is 19.4. The van der Waals surface area contributed by atoms with Crippen LogP contribution >= 0.6 is 11.3 Å². The number of benzene rings is 1. The highest BCUT2D eigenvalue weighted by Crippen LogP contribution is 2.46. The maximum absolute atomic E-state index is 13.5. The zero-order chi connectivity index (χ0) is 27.8. The Kier molecular flexibility index (Phi) is 6.81. The minimum absolute atomic E-state index is 0.0418. The van der Waals surface area contributed by atoms with Gasteiger partial charge in [-0.25, -0.2) is 14.8 Å². The molecule has 1 aliphatic carbocycles. The van der Waals surface area contributed by atoms with Crippen LogP contribution in [0.3, 0.4) is 0 Å². The van der Waals surface area contributed by atoms with Crippen molar-refractivity contribution in [2.45, 2.75) is 51.6 Å². The second kappa shape index (κ2) is 10.6. The topological polar surface area (TPSA) is 126 Å². The first-order valence-electron chi connectivity index (χ1n) is 13.2. The molecule has 3 N–H and O–H groups in total. The summed E-state index contributed by atoms with van der Waals surface area (Å²) in [5, 5.41) is 9.72. The number of para-hydroxylation sites is 1. The number of hydrogen-bond acceptors (Lipinski definition) is 7. The van der Waals surface area contributed by atoms with Crippen LogP contribution in [0.1, 0.15) is 47.8 Å². The Labute approximate surface area is 234 Å². The predicted octanol–water partition coefficient (Wildman–Crippen LogP) is 5.65. The van der Waals surface area contributed by atoms with Gasteiger partial charge in [-0.1, -0.05) is 18.2 Å². The third-order valence-corrected chi connectivity index (χ3v) is 8.23. The van der Waals surface area contributed by atoms with E-state index in [0.29, 0.717) is 50.2 Å². The van der Waals surface area contributed by atoms with Crippen molar-refractivity contribution in [2.24, 2.45) is 0 Å². The Morgan fingerprint density at radius 3 is 2.60 bits per heavy atom. The van der Waals surface area contributed by atoms with Crippen LogP contribution in [0, 0.1) is 6.92 Å². The Hall–Kier alpha value is -4.51. The molecule has 0 radical (unpaired) electrons. The number of amides is 4. The summed E-state index contributed by atoms with van der Waals surface area (Å²) in [6.45, 7) is 3.39. The molecule has 4 aromatic rings. The van der Waals surface area contributed by atoms with Crippen LogP contribution in [0.2, 0.25) is 0 Å². The third kappa shape index (κ3) is 4.95. The molecule has 1 aromatic carbocycles. The van der Waals surface area contributed by atoms with E-state index in [1.54, 1.807) is 29.4 Å². The monoisotopic (exact) mass is 556 g/mol. The van der Waals surface area contributed by atoms with Crippen molar-refractivity contribution in [1.29, 1.82) is 0 Å². The molecule has 2 atom stereocenters. The fourth-order valence-corrected chi connectivity index (χ4v) is 6.42. The Morgan fingerprint density at radius 2 is 1.85 bits per heavy atom. The Morgan fingerprint density at radius 1 is 1.07 bits per heavy atom. The van der Waals surface area contributed by atoms with Gasteiger partial charge in [0.2, 0.25) is 11.8 Å². The minimum atomic E-state index is -0.391. The highest BCUT2D eigenvalue weighted by molar-refractivity contribution is 7.21. The van der Waals surface area contributed by atoms with Gasteiger partial charge in [0.15, 0.2) is 0 Å². The quantitative estimate of drug-likeness (QED) is 0.282. The molecule has 1 unspecified atom stereocenters. The van der Waals surface area contributed by atoms with Crippen LogP contribution in [-0.2, 0) is 4.79 Å². The molecule has 1 saturated carbocycles. The molecule has 204 valence electrons. The fourth-order valence-electron chi connectivity index (χ4n) is 5.40. The Bertz CT molecular complexity index is 1620. The SMILES string of the molecule is CC(=O)NC1CCC[C@H](NC(=O)c2sc3nccc4c3c2NC(=O)N4c2cnc(Oc3ccccc3)cc2C)C1. The number of carbonyl (C=O) groups excluding carboxylic acids is 3. The van der Waals surface area contributed by atoms with Gasteiger partial charge in [-0.15, -0.1) is 11.3 Å². The van der Waals surface area contributed by atoms with Gasteiger partial charge < -0.3 is 20.7 Å². The number of nitrogens with zero attached hydrogens (tertiary/aromatic N) is 3. The van der Waals surface area contributed by atoms with Gasteiger partial charge in [-0.2, -0.15) is 0 Å². The van der Waals surface area contributed by atoms with Crippen molar-refractivity contribution in [2.75, 3.05) is 10.2 Å². The van der Waals surface area contributed by atoms with E-state index in [-0.39, 0.29) is 23.9 Å². The van der Waals surface area contributed by atoms with Gasteiger partial charge in [0.1, 0.15) is 15.5 Å². The smallest absolute Gasteiger partial charge is 0.331 e. The largest absolute Gasteiger partial charge is 0.439 e. The molecule has 40 heavy (non-hydrogen) atoms. The summed E-state index contributed by atoms with van der Waals surface area (Å²) >= 11 is 1.25. The highest BCUT2D eigenvalue weighted by atomic mass is 32.1. The minimum Gasteiger partial charge on any atom is -0.439 e. The van der Waals surface area contributed by atoms with Gasteiger partial charge in [0.05, 0.1) is 28.6 Å². The van der Waals surface area contributed by atoms with Crippen molar-refractivity contribution in [3.05, 3.63) is 65.3 Å². The predicted molar refractivity (Wildman–Crippen MR) is 154 cm³/mol. The lowest BCUT2D eigenvalue weighted by Gasteiger charge is -2.30. The molecule has 0 spiro atoms. The average Bonchev–Trinajstić information content (AvgIpc) is 3.29. The van der Waals surface area contributed by atoms with Crippen molar-refractivity contribution >= 4 is 56.5 Å². The summed E-state index contributed by atoms with van der Waals surface area (Å²) in [6.07, 6.45) is 6.56. The molecule has 10 nitrogen and oxygen atoms in total. The molecule has 1 fully saturated rings. The van der Waals surface area contributed by atoms with Crippen molar-refractivity contribution < 1.29 is 19.1 Å². The molecule has 1 aliphatic heterocycles. The summed E-state index contributed by atoms with van der Waals surface area (Å²) in [5.74, 6) is 0.761. The lowest BCUT2D eigenvalue weighted by Crippen LogP contribution is -2.45. The number of ether oxygens (including phenoxy) is 1. The van der Waals surface area contributed by atoms with E-state index in [0.717, 1.165) is 24.8 Å². The zero-order valence-corrected chi connectivity index (χ0v) is 22.9. The standard InChI is InChI=1S/C29H28N6O4S/c1-16-13-23(39-20-9-4-3-5-10-20)31-15-22(16)35-21-11-12-30-28-24(21)25(34-29(35)38)26(40-28)27(37)33-19-8-6-7-18(14-19)32-17(2)36/h3-5,9-13,15,18-19H,6-8,14H2,1-2H3,(H,32,36)(H,33,37)(H,34,38)/t18?,19-/m0/s1. The van der Waals surface area contributed by atoms with Gasteiger partial charge in [0, 0.05) is 31.3 Å². The van der Waals surface area contributed by atoms with Crippen LogP contribution in [0.4, 0.5) is 21.9 Å². The van der Waals surface area contributed by atoms with Crippen LogP contribution in [0.5, 0.6) is 11.6 Å². The lowest BCUT2D eigenvalue weighted by molar-refractivity contribution is -0.119. The van der Waals surface area contributed by atoms with Crippen molar-refractivity contribution in [1.82, 2.24) is 20.6 Å². The normalized spacial score (nSPS) is 18.2. The molecule has 3 aromatic heterocycles. The summed E-state index contributed by atoms with van der Waals surface area (Å²) in [6, 6.07) is 12.5. The van der Waals surface area contributed by atoms with Crippen LogP contribution < -0.4 is 25.6 Å². The Balaban J connectivity index is 1.28. The van der Waals surface area contributed by atoms with Gasteiger partial charge in [-0.3, -0.25) is 14.5 Å². The number of carbonyl (C=O) groups is 3. The molecule has 11 heteroatoms. The molecule has 4 amide bonds. The van der Waals surface area contributed by atoms with E-state index in [1.807, 2.05) is 37.3 Å². The number of pyridine rings is 2. The number of nitrogens with one attached hydrogen (secondary N) is 3. The summed E-state index contributed by atoms with van der Waals surface area (Å²) in [4.78, 5) is 50.0. The number of aromatic nitrogens is 2. The number of rotatable bonds is 6. The molecule has 6 rings (SSSR count). The van der Waals surface area contributed by atoms with Crippen molar-refractivity contribution in [3.63, 3.8) is 0 Å². The second-order valence-corrected chi connectivity index (χ2v) is 11.0. The highest BCUT2D eigenvalue weighted by Gasteiger charge is 2.34. The number of aryl methyl sites for hydroxylation is 1. The van der Waals surface area contributed by atoms with Crippen LogP contribution in [-0.4, -0.2) is 39.9 Å². The average molecular weight is 557 g/mol. The maximum atomic E-state index is 13.5. The third-order valence-electron chi connectivity index (χ3n) is 7.13. The van der Waals surface area contributed by atoms with Crippen molar-refractivity contribution in [3.8, 4) is 11.6 Å². The van der Waals surface area contributed by atoms with E-state index in [1.165, 1.54) is 18.3 Å².